The van der Waals surface area contributed by atoms with E-state index in [1.54, 1.807) is 6.92 Å². The van der Waals surface area contributed by atoms with Crippen molar-refractivity contribution < 1.29 is 9.90 Å². The Morgan fingerprint density at radius 2 is 2.29 bits per heavy atom. The zero-order valence-electron chi connectivity index (χ0n) is 8.97. The van der Waals surface area contributed by atoms with Crippen LogP contribution in [0.4, 0.5) is 0 Å². The summed E-state index contributed by atoms with van der Waals surface area (Å²) in [6.45, 7) is 11.1. The third-order valence-electron chi connectivity index (χ3n) is 3.30. The number of aliphatic hydroxyl groups is 1. The first kappa shape index (κ1) is 11.2. The van der Waals surface area contributed by atoms with Crippen molar-refractivity contribution in [2.75, 3.05) is 0 Å². The molecule has 0 aliphatic heterocycles. The molecule has 0 aromatic carbocycles. The molecule has 0 unspecified atom stereocenters. The van der Waals surface area contributed by atoms with E-state index in [9.17, 15) is 9.90 Å². The van der Waals surface area contributed by atoms with Crippen LogP contribution in [0.1, 0.15) is 33.1 Å². The number of carbonyl (C=O) groups is 1. The second-order valence-corrected chi connectivity index (χ2v) is 4.52. The number of Topliss-reactive ketones (excluding diaryl/α,β-unsaturated/α-hetero) is 1. The second-order valence-electron chi connectivity index (χ2n) is 4.52. The Bertz CT molecular complexity index is 293. The highest BCUT2D eigenvalue weighted by molar-refractivity contribution is 5.89. The molecule has 0 aromatic heterocycles. The van der Waals surface area contributed by atoms with Crippen LogP contribution in [0, 0.1) is 5.41 Å². The molecule has 0 aromatic rings. The number of rotatable bonds is 3. The lowest BCUT2D eigenvalue weighted by Crippen LogP contribution is -2.43. The van der Waals surface area contributed by atoms with Crippen molar-refractivity contribution in [3.8, 4) is 0 Å². The normalized spacial score (nSPS) is 37.2. The molecule has 78 valence electrons. The fourth-order valence-corrected chi connectivity index (χ4v) is 2.28. The van der Waals surface area contributed by atoms with Crippen molar-refractivity contribution in [3.05, 3.63) is 24.8 Å². The van der Waals surface area contributed by atoms with Gasteiger partial charge in [-0.2, -0.15) is 0 Å². The molecule has 0 bridgehead atoms. The van der Waals surface area contributed by atoms with E-state index in [2.05, 4.69) is 13.2 Å². The molecule has 2 nitrogen and oxygen atoms in total. The van der Waals surface area contributed by atoms with Gasteiger partial charge in [-0.3, -0.25) is 4.79 Å². The summed E-state index contributed by atoms with van der Waals surface area (Å²) in [5, 5.41) is 10.3. The second kappa shape index (κ2) is 3.35. The first-order valence-electron chi connectivity index (χ1n) is 4.89. The summed E-state index contributed by atoms with van der Waals surface area (Å²) in [4.78, 5) is 11.8. The predicted molar refractivity (Wildman–Crippen MR) is 56.9 cm³/mol. The number of hydrogen-bond donors (Lipinski definition) is 1. The summed E-state index contributed by atoms with van der Waals surface area (Å²) in [6, 6.07) is 0. The molecule has 0 heterocycles. The minimum Gasteiger partial charge on any atom is -0.385 e. The maximum absolute atomic E-state index is 11.8. The van der Waals surface area contributed by atoms with E-state index in [1.807, 2.05) is 6.92 Å². The molecule has 0 radical (unpaired) electrons. The Balaban J connectivity index is 3.07. The summed E-state index contributed by atoms with van der Waals surface area (Å²) < 4.78 is 0. The van der Waals surface area contributed by atoms with Gasteiger partial charge in [0.1, 0.15) is 5.78 Å². The van der Waals surface area contributed by atoms with Gasteiger partial charge in [-0.05, 0) is 26.7 Å². The largest absolute Gasteiger partial charge is 0.385 e. The number of ketones is 1. The Labute approximate surface area is 85.3 Å². The molecular formula is C12H18O2. The van der Waals surface area contributed by atoms with E-state index in [4.69, 9.17) is 0 Å². The monoisotopic (exact) mass is 194 g/mol. The van der Waals surface area contributed by atoms with Crippen LogP contribution in [-0.2, 0) is 4.79 Å². The van der Waals surface area contributed by atoms with Gasteiger partial charge in [-0.15, -0.1) is 13.2 Å². The van der Waals surface area contributed by atoms with Crippen LogP contribution in [0.5, 0.6) is 0 Å². The van der Waals surface area contributed by atoms with Gasteiger partial charge in [0.25, 0.3) is 0 Å². The Hall–Kier alpha value is -0.890. The standard InChI is InChI=1S/C12H18O2/c1-5-12(14)7-6-10(13)11(12,4)8-9(2)3/h5,14H,1-2,6-8H2,3-4H3/t11-,12-/m0/s1. The predicted octanol–water partition coefficient (Wildman–Crippen LogP) is 2.24. The van der Waals surface area contributed by atoms with E-state index in [0.29, 0.717) is 19.3 Å². The summed E-state index contributed by atoms with van der Waals surface area (Å²) in [5.41, 5.74) is -0.855. The van der Waals surface area contributed by atoms with Crippen LogP contribution in [-0.4, -0.2) is 16.5 Å². The molecule has 1 saturated carbocycles. The van der Waals surface area contributed by atoms with Crippen molar-refractivity contribution in [2.45, 2.75) is 38.7 Å². The minimum absolute atomic E-state index is 0.114. The van der Waals surface area contributed by atoms with Crippen LogP contribution in [0.15, 0.2) is 24.8 Å². The molecule has 0 spiro atoms. The SMILES string of the molecule is C=C[C@]1(O)CCC(=O)[C@]1(C)CC(=C)C. The number of hydrogen-bond acceptors (Lipinski definition) is 2. The highest BCUT2D eigenvalue weighted by Crippen LogP contribution is 2.48. The molecule has 0 saturated heterocycles. The van der Waals surface area contributed by atoms with Crippen LogP contribution in [0.25, 0.3) is 0 Å². The molecule has 1 fully saturated rings. The van der Waals surface area contributed by atoms with Gasteiger partial charge in [0, 0.05) is 6.42 Å². The van der Waals surface area contributed by atoms with Gasteiger partial charge in [0.05, 0.1) is 11.0 Å². The number of carbonyl (C=O) groups excluding carboxylic acids is 1. The lowest BCUT2D eigenvalue weighted by Gasteiger charge is -2.36. The minimum atomic E-state index is -1.05. The van der Waals surface area contributed by atoms with E-state index in [-0.39, 0.29) is 5.78 Å². The van der Waals surface area contributed by atoms with Crippen molar-refractivity contribution in [1.82, 2.24) is 0 Å². The molecular weight excluding hydrogens is 176 g/mol. The molecule has 1 rings (SSSR count). The average Bonchev–Trinajstić information content (AvgIpc) is 2.30. The smallest absolute Gasteiger partial charge is 0.142 e. The van der Waals surface area contributed by atoms with Crippen molar-refractivity contribution in [1.29, 1.82) is 0 Å². The third-order valence-corrected chi connectivity index (χ3v) is 3.30. The Morgan fingerprint density at radius 1 is 1.71 bits per heavy atom. The summed E-state index contributed by atoms with van der Waals surface area (Å²) in [5.74, 6) is 0.114. The van der Waals surface area contributed by atoms with Gasteiger partial charge in [-0.1, -0.05) is 11.6 Å². The molecule has 1 N–H and O–H groups in total. The zero-order valence-corrected chi connectivity index (χ0v) is 8.97. The highest BCUT2D eigenvalue weighted by Gasteiger charge is 2.54. The van der Waals surface area contributed by atoms with Gasteiger partial charge >= 0.3 is 0 Å². The topological polar surface area (TPSA) is 37.3 Å². The van der Waals surface area contributed by atoms with Gasteiger partial charge in [0.2, 0.25) is 0 Å². The molecule has 14 heavy (non-hydrogen) atoms. The molecule has 2 atom stereocenters. The molecule has 1 aliphatic rings. The Morgan fingerprint density at radius 3 is 2.71 bits per heavy atom. The maximum atomic E-state index is 11.8. The van der Waals surface area contributed by atoms with E-state index < -0.39 is 11.0 Å². The third kappa shape index (κ3) is 1.44. The first-order valence-corrected chi connectivity index (χ1v) is 4.89. The van der Waals surface area contributed by atoms with Gasteiger partial charge in [0.15, 0.2) is 0 Å². The first-order chi connectivity index (χ1) is 6.35. The van der Waals surface area contributed by atoms with Gasteiger partial charge < -0.3 is 5.11 Å². The summed E-state index contributed by atoms with van der Waals surface area (Å²) in [7, 11) is 0. The maximum Gasteiger partial charge on any atom is 0.142 e. The molecule has 2 heteroatoms. The van der Waals surface area contributed by atoms with Crippen LogP contribution in [0.2, 0.25) is 0 Å². The number of allylic oxidation sites excluding steroid dienone is 1. The van der Waals surface area contributed by atoms with E-state index in [0.717, 1.165) is 5.57 Å². The van der Waals surface area contributed by atoms with Crippen LogP contribution in [0.3, 0.4) is 0 Å². The highest BCUT2D eigenvalue weighted by atomic mass is 16.3. The zero-order chi connectivity index (χ0) is 11.0. The van der Waals surface area contributed by atoms with E-state index >= 15 is 0 Å². The van der Waals surface area contributed by atoms with E-state index in [1.165, 1.54) is 6.08 Å². The quantitative estimate of drug-likeness (QED) is 0.699. The van der Waals surface area contributed by atoms with Crippen LogP contribution >= 0.6 is 0 Å². The van der Waals surface area contributed by atoms with Crippen molar-refractivity contribution >= 4 is 5.78 Å². The van der Waals surface area contributed by atoms with Gasteiger partial charge in [-0.25, -0.2) is 0 Å². The molecule has 1 aliphatic carbocycles. The lowest BCUT2D eigenvalue weighted by molar-refractivity contribution is -0.131. The fourth-order valence-electron chi connectivity index (χ4n) is 2.28. The Kier molecular flexibility index (Phi) is 2.68. The summed E-state index contributed by atoms with van der Waals surface area (Å²) >= 11 is 0. The van der Waals surface area contributed by atoms with Crippen molar-refractivity contribution in [2.24, 2.45) is 5.41 Å². The van der Waals surface area contributed by atoms with Crippen LogP contribution < -0.4 is 0 Å². The lowest BCUT2D eigenvalue weighted by atomic mass is 9.71. The molecule has 0 amide bonds. The average molecular weight is 194 g/mol. The fraction of sp³-hybridized carbons (Fsp3) is 0.583. The van der Waals surface area contributed by atoms with Crippen molar-refractivity contribution in [3.63, 3.8) is 0 Å². The summed E-state index contributed by atoms with van der Waals surface area (Å²) in [6.07, 6.45) is 2.96.